The summed E-state index contributed by atoms with van der Waals surface area (Å²) in [4.78, 5) is 21.7. The van der Waals surface area contributed by atoms with Gasteiger partial charge in [0.2, 0.25) is 5.91 Å². The first-order chi connectivity index (χ1) is 7.59. The molecule has 0 aliphatic carbocycles. The lowest BCUT2D eigenvalue weighted by molar-refractivity contribution is -0.139. The van der Waals surface area contributed by atoms with Crippen LogP contribution in [0.2, 0.25) is 0 Å². The van der Waals surface area contributed by atoms with E-state index in [1.807, 2.05) is 0 Å². The van der Waals surface area contributed by atoms with Gasteiger partial charge in [0, 0.05) is 0 Å². The Morgan fingerprint density at radius 3 is 2.88 bits per heavy atom. The fourth-order valence-electron chi connectivity index (χ4n) is 0.994. The van der Waals surface area contributed by atoms with E-state index < -0.39 is 12.0 Å². The van der Waals surface area contributed by atoms with Gasteiger partial charge in [-0.1, -0.05) is 0 Å². The zero-order valence-electron chi connectivity index (χ0n) is 8.90. The minimum absolute atomic E-state index is 0.0336. The highest BCUT2D eigenvalue weighted by atomic mass is 16.4. The van der Waals surface area contributed by atoms with Gasteiger partial charge in [-0.2, -0.15) is 0 Å². The lowest BCUT2D eigenvalue weighted by Gasteiger charge is -2.08. The van der Waals surface area contributed by atoms with Crippen LogP contribution in [0.1, 0.15) is 12.7 Å². The number of carbonyl (C=O) groups is 2. The quantitative estimate of drug-likeness (QED) is 0.633. The van der Waals surface area contributed by atoms with E-state index >= 15 is 0 Å². The fourth-order valence-corrected chi connectivity index (χ4v) is 0.994. The molecule has 1 heterocycles. The fraction of sp³-hybridized carbons (Fsp3) is 0.400. The van der Waals surface area contributed by atoms with Crippen molar-refractivity contribution in [3.63, 3.8) is 0 Å². The molecule has 1 rings (SSSR count). The van der Waals surface area contributed by atoms with Gasteiger partial charge in [0.25, 0.3) is 0 Å². The van der Waals surface area contributed by atoms with Crippen LogP contribution in [0.4, 0.5) is 0 Å². The molecule has 0 saturated heterocycles. The lowest BCUT2D eigenvalue weighted by Crippen LogP contribution is -2.41. The molecule has 16 heavy (non-hydrogen) atoms. The molecule has 1 amide bonds. The molecule has 88 valence electrons. The summed E-state index contributed by atoms with van der Waals surface area (Å²) in [5, 5.41) is 13.7. The van der Waals surface area contributed by atoms with E-state index in [1.54, 1.807) is 12.1 Å². The molecule has 0 bridgehead atoms. The molecule has 1 aromatic rings. The smallest absolute Gasteiger partial charge is 0.320 e. The van der Waals surface area contributed by atoms with E-state index in [9.17, 15) is 9.59 Å². The van der Waals surface area contributed by atoms with Gasteiger partial charge in [-0.3, -0.25) is 14.9 Å². The highest BCUT2D eigenvalue weighted by molar-refractivity contribution is 5.79. The Hall–Kier alpha value is -1.82. The predicted molar refractivity (Wildman–Crippen MR) is 55.7 cm³/mol. The van der Waals surface area contributed by atoms with Crippen molar-refractivity contribution in [2.24, 2.45) is 0 Å². The number of hydrogen-bond donors (Lipinski definition) is 3. The lowest BCUT2D eigenvalue weighted by atomic mass is 10.3. The molecule has 1 aromatic heterocycles. The van der Waals surface area contributed by atoms with Gasteiger partial charge in [0.15, 0.2) is 0 Å². The largest absolute Gasteiger partial charge is 0.480 e. The summed E-state index contributed by atoms with van der Waals surface area (Å²) in [5.74, 6) is -0.608. The van der Waals surface area contributed by atoms with Gasteiger partial charge in [-0.15, -0.1) is 0 Å². The summed E-state index contributed by atoms with van der Waals surface area (Å²) in [6.45, 7) is 1.74. The third-order valence-electron chi connectivity index (χ3n) is 1.98. The van der Waals surface area contributed by atoms with Crippen LogP contribution in [0, 0.1) is 0 Å². The third-order valence-corrected chi connectivity index (χ3v) is 1.98. The Bertz CT molecular complexity index is 348. The van der Waals surface area contributed by atoms with Gasteiger partial charge < -0.3 is 14.8 Å². The molecule has 0 fully saturated rings. The number of furan rings is 1. The molecule has 1 atom stereocenters. The van der Waals surface area contributed by atoms with Crippen LogP contribution in [0.3, 0.4) is 0 Å². The summed E-state index contributed by atoms with van der Waals surface area (Å²) in [6.07, 6.45) is 1.52. The van der Waals surface area contributed by atoms with Gasteiger partial charge in [-0.25, -0.2) is 0 Å². The number of rotatable bonds is 6. The Morgan fingerprint density at radius 2 is 2.31 bits per heavy atom. The number of nitrogens with one attached hydrogen (secondary N) is 2. The molecule has 6 nitrogen and oxygen atoms in total. The maximum Gasteiger partial charge on any atom is 0.320 e. The van der Waals surface area contributed by atoms with E-state index in [0.29, 0.717) is 12.3 Å². The standard InChI is InChI=1S/C10H14N2O4/c1-7(10(14)15)11-6-9(13)12-5-8-3-2-4-16-8/h2-4,7,11H,5-6H2,1H3,(H,12,13)(H,14,15). The Kier molecular flexibility index (Phi) is 4.53. The normalized spacial score (nSPS) is 12.1. The van der Waals surface area contributed by atoms with Crippen molar-refractivity contribution >= 4 is 11.9 Å². The first kappa shape index (κ1) is 12.3. The monoisotopic (exact) mass is 226 g/mol. The zero-order chi connectivity index (χ0) is 12.0. The Labute approximate surface area is 92.6 Å². The summed E-state index contributed by atoms with van der Waals surface area (Å²) in [5.41, 5.74) is 0. The van der Waals surface area contributed by atoms with Crippen LogP contribution in [0.25, 0.3) is 0 Å². The second-order valence-corrected chi connectivity index (χ2v) is 3.30. The van der Waals surface area contributed by atoms with Gasteiger partial charge in [0.1, 0.15) is 11.8 Å². The molecule has 1 unspecified atom stereocenters. The highest BCUT2D eigenvalue weighted by Crippen LogP contribution is 1.97. The molecule has 3 N–H and O–H groups in total. The Balaban J connectivity index is 2.19. The topological polar surface area (TPSA) is 91.6 Å². The molecule has 0 aliphatic rings. The van der Waals surface area contributed by atoms with Crippen molar-refractivity contribution < 1.29 is 19.1 Å². The SMILES string of the molecule is CC(NCC(=O)NCc1ccco1)C(=O)O. The first-order valence-electron chi connectivity index (χ1n) is 4.85. The zero-order valence-corrected chi connectivity index (χ0v) is 8.90. The Morgan fingerprint density at radius 1 is 1.56 bits per heavy atom. The summed E-state index contributed by atoms with van der Waals surface area (Å²) in [7, 11) is 0. The molecule has 0 saturated carbocycles. The molecule has 0 aliphatic heterocycles. The van der Waals surface area contributed by atoms with Gasteiger partial charge >= 0.3 is 5.97 Å². The van der Waals surface area contributed by atoms with Crippen molar-refractivity contribution in [3.05, 3.63) is 24.2 Å². The van der Waals surface area contributed by atoms with E-state index in [4.69, 9.17) is 9.52 Å². The minimum atomic E-state index is -0.987. The van der Waals surface area contributed by atoms with Crippen LogP contribution in [0.15, 0.2) is 22.8 Å². The first-order valence-corrected chi connectivity index (χ1v) is 4.85. The van der Waals surface area contributed by atoms with E-state index in [2.05, 4.69) is 10.6 Å². The van der Waals surface area contributed by atoms with Gasteiger partial charge in [0.05, 0.1) is 19.4 Å². The maximum atomic E-state index is 11.3. The number of carbonyl (C=O) groups excluding carboxylic acids is 1. The van der Waals surface area contributed by atoms with Crippen molar-refractivity contribution in [3.8, 4) is 0 Å². The third kappa shape index (κ3) is 4.14. The van der Waals surface area contributed by atoms with Crippen molar-refractivity contribution in [1.82, 2.24) is 10.6 Å². The van der Waals surface area contributed by atoms with Crippen LogP contribution < -0.4 is 10.6 Å². The predicted octanol–water partition coefficient (Wildman–Crippen LogP) is -0.0415. The second-order valence-electron chi connectivity index (χ2n) is 3.30. The van der Waals surface area contributed by atoms with Crippen LogP contribution in [0.5, 0.6) is 0 Å². The molecule has 6 heteroatoms. The van der Waals surface area contributed by atoms with Crippen molar-refractivity contribution in [2.45, 2.75) is 19.5 Å². The average Bonchev–Trinajstić information content (AvgIpc) is 2.75. The molecule has 0 spiro atoms. The maximum absolute atomic E-state index is 11.3. The van der Waals surface area contributed by atoms with Crippen molar-refractivity contribution in [2.75, 3.05) is 6.54 Å². The minimum Gasteiger partial charge on any atom is -0.480 e. The van der Waals surface area contributed by atoms with Crippen molar-refractivity contribution in [1.29, 1.82) is 0 Å². The number of carboxylic acids is 1. The molecule has 0 aromatic carbocycles. The van der Waals surface area contributed by atoms with Crippen LogP contribution in [-0.4, -0.2) is 29.6 Å². The number of hydrogen-bond acceptors (Lipinski definition) is 4. The molecular weight excluding hydrogens is 212 g/mol. The average molecular weight is 226 g/mol. The number of aliphatic carboxylic acids is 1. The highest BCUT2D eigenvalue weighted by Gasteiger charge is 2.11. The summed E-state index contributed by atoms with van der Waals surface area (Å²) >= 11 is 0. The van der Waals surface area contributed by atoms with Gasteiger partial charge in [-0.05, 0) is 19.1 Å². The molecular formula is C10H14N2O4. The van der Waals surface area contributed by atoms with Crippen LogP contribution >= 0.6 is 0 Å². The number of amides is 1. The molecule has 0 radical (unpaired) electrons. The summed E-state index contributed by atoms with van der Waals surface area (Å²) < 4.78 is 5.02. The van der Waals surface area contributed by atoms with E-state index in [-0.39, 0.29) is 12.5 Å². The van der Waals surface area contributed by atoms with E-state index in [0.717, 1.165) is 0 Å². The van der Waals surface area contributed by atoms with Crippen LogP contribution in [-0.2, 0) is 16.1 Å². The van der Waals surface area contributed by atoms with E-state index in [1.165, 1.54) is 13.2 Å². The number of carboxylic acid groups (broad SMARTS) is 1. The second kappa shape index (κ2) is 5.92. The summed E-state index contributed by atoms with van der Waals surface area (Å²) in [6, 6.07) is 2.73.